The standard InChI is InChI=1S/C17H21NO3/c1-19-17-7-6-13-4-2-3-5-15(13)16(17)11-18-10-14-12-20-8-9-21-14/h2-7,14,18H,8-12H2,1H3. The van der Waals surface area contributed by atoms with E-state index in [1.54, 1.807) is 7.11 Å². The first-order valence-corrected chi connectivity index (χ1v) is 7.33. The van der Waals surface area contributed by atoms with E-state index in [1.807, 2.05) is 6.07 Å². The molecule has 1 atom stereocenters. The van der Waals surface area contributed by atoms with Crippen LogP contribution in [0, 0.1) is 0 Å². The Balaban J connectivity index is 1.72. The molecule has 2 aromatic rings. The molecule has 1 aliphatic rings. The highest BCUT2D eigenvalue weighted by Gasteiger charge is 2.14. The Bertz CT molecular complexity index is 594. The third-order valence-corrected chi connectivity index (χ3v) is 3.78. The predicted molar refractivity (Wildman–Crippen MR) is 82.8 cm³/mol. The number of ether oxygens (including phenoxy) is 3. The van der Waals surface area contributed by atoms with Gasteiger partial charge in [0, 0.05) is 18.7 Å². The second-order valence-corrected chi connectivity index (χ2v) is 5.17. The van der Waals surface area contributed by atoms with Crippen LogP contribution in [-0.4, -0.2) is 39.6 Å². The smallest absolute Gasteiger partial charge is 0.123 e. The maximum absolute atomic E-state index is 5.64. The first kappa shape index (κ1) is 14.3. The van der Waals surface area contributed by atoms with Gasteiger partial charge in [0.2, 0.25) is 0 Å². The lowest BCUT2D eigenvalue weighted by atomic mass is 10.0. The average molecular weight is 287 g/mol. The molecular weight excluding hydrogens is 266 g/mol. The highest BCUT2D eigenvalue weighted by atomic mass is 16.6. The van der Waals surface area contributed by atoms with Gasteiger partial charge in [0.05, 0.1) is 33.0 Å². The number of nitrogens with one attached hydrogen (secondary N) is 1. The van der Waals surface area contributed by atoms with E-state index in [-0.39, 0.29) is 6.10 Å². The summed E-state index contributed by atoms with van der Waals surface area (Å²) in [6, 6.07) is 12.5. The van der Waals surface area contributed by atoms with E-state index in [0.29, 0.717) is 19.8 Å². The van der Waals surface area contributed by atoms with Crippen molar-refractivity contribution in [2.24, 2.45) is 0 Å². The molecule has 0 amide bonds. The third-order valence-electron chi connectivity index (χ3n) is 3.78. The molecule has 1 fully saturated rings. The SMILES string of the molecule is COc1ccc2ccccc2c1CNCC1COCCO1. The molecule has 0 saturated carbocycles. The third kappa shape index (κ3) is 3.35. The van der Waals surface area contributed by atoms with Crippen LogP contribution in [0.3, 0.4) is 0 Å². The van der Waals surface area contributed by atoms with Crippen molar-refractivity contribution in [2.75, 3.05) is 33.5 Å². The topological polar surface area (TPSA) is 39.7 Å². The Morgan fingerprint density at radius 2 is 2.10 bits per heavy atom. The van der Waals surface area contributed by atoms with Gasteiger partial charge in [0.15, 0.2) is 0 Å². The van der Waals surface area contributed by atoms with Gasteiger partial charge in [-0.1, -0.05) is 30.3 Å². The van der Waals surface area contributed by atoms with E-state index in [2.05, 4.69) is 35.6 Å². The first-order valence-electron chi connectivity index (χ1n) is 7.33. The molecule has 1 N–H and O–H groups in total. The molecule has 4 heteroatoms. The zero-order valence-corrected chi connectivity index (χ0v) is 12.3. The highest BCUT2D eigenvalue weighted by molar-refractivity contribution is 5.87. The summed E-state index contributed by atoms with van der Waals surface area (Å²) >= 11 is 0. The number of fused-ring (bicyclic) bond motifs is 1. The quantitative estimate of drug-likeness (QED) is 0.916. The van der Waals surface area contributed by atoms with E-state index in [0.717, 1.165) is 18.8 Å². The molecule has 1 saturated heterocycles. The average Bonchev–Trinajstić information content (AvgIpc) is 2.56. The van der Waals surface area contributed by atoms with Crippen LogP contribution < -0.4 is 10.1 Å². The van der Waals surface area contributed by atoms with Crippen molar-refractivity contribution in [3.05, 3.63) is 42.0 Å². The molecule has 3 rings (SSSR count). The summed E-state index contributed by atoms with van der Waals surface area (Å²) in [5, 5.41) is 5.91. The number of methoxy groups -OCH3 is 1. The van der Waals surface area contributed by atoms with E-state index >= 15 is 0 Å². The molecule has 2 aromatic carbocycles. The lowest BCUT2D eigenvalue weighted by molar-refractivity contribution is -0.0864. The summed E-state index contributed by atoms with van der Waals surface area (Å²) in [6.07, 6.45) is 0.139. The van der Waals surface area contributed by atoms with Gasteiger partial charge in [0.1, 0.15) is 5.75 Å². The zero-order chi connectivity index (χ0) is 14.5. The van der Waals surface area contributed by atoms with Gasteiger partial charge >= 0.3 is 0 Å². The van der Waals surface area contributed by atoms with Gasteiger partial charge in [-0.25, -0.2) is 0 Å². The van der Waals surface area contributed by atoms with Crippen LogP contribution in [0.1, 0.15) is 5.56 Å². The van der Waals surface area contributed by atoms with Gasteiger partial charge in [-0.2, -0.15) is 0 Å². The van der Waals surface area contributed by atoms with Crippen molar-refractivity contribution in [3.63, 3.8) is 0 Å². The fourth-order valence-electron chi connectivity index (χ4n) is 2.70. The number of hydrogen-bond acceptors (Lipinski definition) is 4. The molecule has 1 heterocycles. The molecule has 21 heavy (non-hydrogen) atoms. The van der Waals surface area contributed by atoms with Gasteiger partial charge in [0.25, 0.3) is 0 Å². The van der Waals surface area contributed by atoms with Gasteiger partial charge < -0.3 is 19.5 Å². The normalized spacial score (nSPS) is 18.8. The second-order valence-electron chi connectivity index (χ2n) is 5.17. The molecule has 4 nitrogen and oxygen atoms in total. The van der Waals surface area contributed by atoms with E-state index in [9.17, 15) is 0 Å². The van der Waals surface area contributed by atoms with E-state index in [4.69, 9.17) is 14.2 Å². The van der Waals surface area contributed by atoms with Crippen molar-refractivity contribution in [1.29, 1.82) is 0 Å². The van der Waals surface area contributed by atoms with E-state index in [1.165, 1.54) is 16.3 Å². The molecule has 112 valence electrons. The van der Waals surface area contributed by atoms with Crippen molar-refractivity contribution in [1.82, 2.24) is 5.32 Å². The highest BCUT2D eigenvalue weighted by Crippen LogP contribution is 2.27. The van der Waals surface area contributed by atoms with Crippen molar-refractivity contribution in [2.45, 2.75) is 12.6 Å². The van der Waals surface area contributed by atoms with E-state index < -0.39 is 0 Å². The molecule has 0 radical (unpaired) electrons. The summed E-state index contributed by atoms with van der Waals surface area (Å²) in [5.74, 6) is 0.919. The van der Waals surface area contributed by atoms with Gasteiger partial charge in [-0.15, -0.1) is 0 Å². The van der Waals surface area contributed by atoms with Crippen molar-refractivity contribution in [3.8, 4) is 5.75 Å². The minimum atomic E-state index is 0.139. The number of rotatable bonds is 5. The van der Waals surface area contributed by atoms with Gasteiger partial charge in [-0.05, 0) is 16.8 Å². The monoisotopic (exact) mass is 287 g/mol. The Labute approximate surface area is 125 Å². The van der Waals surface area contributed by atoms with Crippen LogP contribution in [0.5, 0.6) is 5.75 Å². The molecule has 0 spiro atoms. The molecule has 1 aliphatic heterocycles. The Morgan fingerprint density at radius 1 is 1.19 bits per heavy atom. The summed E-state index contributed by atoms with van der Waals surface area (Å²) in [7, 11) is 1.71. The van der Waals surface area contributed by atoms with Gasteiger partial charge in [-0.3, -0.25) is 0 Å². The Hall–Kier alpha value is -1.62. The molecule has 1 unspecified atom stereocenters. The zero-order valence-electron chi connectivity index (χ0n) is 12.3. The minimum absolute atomic E-state index is 0.139. The lowest BCUT2D eigenvalue weighted by Gasteiger charge is -2.23. The molecule has 0 aliphatic carbocycles. The summed E-state index contributed by atoms with van der Waals surface area (Å²) in [5.41, 5.74) is 1.19. The van der Waals surface area contributed by atoms with Crippen LogP contribution in [0.15, 0.2) is 36.4 Å². The maximum Gasteiger partial charge on any atom is 0.123 e. The summed E-state index contributed by atoms with van der Waals surface area (Å²) in [6.45, 7) is 3.59. The fourth-order valence-corrected chi connectivity index (χ4v) is 2.70. The molecule has 0 bridgehead atoms. The molecular formula is C17H21NO3. The van der Waals surface area contributed by atoms with Crippen molar-refractivity contribution < 1.29 is 14.2 Å². The molecule has 0 aromatic heterocycles. The maximum atomic E-state index is 5.64. The largest absolute Gasteiger partial charge is 0.496 e. The van der Waals surface area contributed by atoms with Crippen LogP contribution >= 0.6 is 0 Å². The predicted octanol–water partition coefficient (Wildman–Crippen LogP) is 2.35. The van der Waals surface area contributed by atoms with Crippen molar-refractivity contribution >= 4 is 10.8 Å². The Morgan fingerprint density at radius 3 is 2.90 bits per heavy atom. The minimum Gasteiger partial charge on any atom is -0.496 e. The van der Waals surface area contributed by atoms with Crippen LogP contribution in [0.2, 0.25) is 0 Å². The Kier molecular flexibility index (Phi) is 4.70. The van der Waals surface area contributed by atoms with Crippen LogP contribution in [0.4, 0.5) is 0 Å². The number of hydrogen-bond donors (Lipinski definition) is 1. The van der Waals surface area contributed by atoms with Crippen LogP contribution in [0.25, 0.3) is 10.8 Å². The first-order chi connectivity index (χ1) is 10.4. The fraction of sp³-hybridized carbons (Fsp3) is 0.412. The second kappa shape index (κ2) is 6.89. The number of benzene rings is 2. The lowest BCUT2D eigenvalue weighted by Crippen LogP contribution is -2.37. The summed E-state index contributed by atoms with van der Waals surface area (Å²) in [4.78, 5) is 0. The van der Waals surface area contributed by atoms with Crippen LogP contribution in [-0.2, 0) is 16.0 Å². The summed E-state index contributed by atoms with van der Waals surface area (Å²) < 4.78 is 16.6.